The number of hydrogen-bond donors (Lipinski definition) is 1. The Morgan fingerprint density at radius 1 is 1.41 bits per heavy atom. The molecule has 1 heterocycles. The standard InChI is InChI=1S/C14H12N2O/c1-2-7-15-10-14(17)12-5-3-4-11-6-8-16-9-13(11)12/h1,3-6,8-9,15H,7,10H2. The molecular weight excluding hydrogens is 212 g/mol. The van der Waals surface area contributed by atoms with E-state index in [-0.39, 0.29) is 12.3 Å². The maximum atomic E-state index is 12.0. The lowest BCUT2D eigenvalue weighted by molar-refractivity contribution is 0.0994. The Labute approximate surface area is 99.9 Å². The molecule has 0 saturated carbocycles. The monoisotopic (exact) mass is 224 g/mol. The first-order chi connectivity index (χ1) is 8.33. The zero-order valence-corrected chi connectivity index (χ0v) is 9.31. The molecular formula is C14H12N2O. The van der Waals surface area contributed by atoms with Gasteiger partial charge < -0.3 is 0 Å². The van der Waals surface area contributed by atoms with Crippen molar-refractivity contribution in [1.82, 2.24) is 10.3 Å². The molecule has 0 bridgehead atoms. The average molecular weight is 224 g/mol. The summed E-state index contributed by atoms with van der Waals surface area (Å²) in [6, 6.07) is 7.53. The highest BCUT2D eigenvalue weighted by Crippen LogP contribution is 2.17. The maximum absolute atomic E-state index is 12.0. The van der Waals surface area contributed by atoms with E-state index in [9.17, 15) is 4.79 Å². The van der Waals surface area contributed by atoms with Crippen LogP contribution in [-0.2, 0) is 0 Å². The number of carbonyl (C=O) groups is 1. The molecule has 1 aromatic carbocycles. The summed E-state index contributed by atoms with van der Waals surface area (Å²) in [5.41, 5.74) is 0.681. The summed E-state index contributed by atoms with van der Waals surface area (Å²) < 4.78 is 0. The van der Waals surface area contributed by atoms with E-state index in [1.54, 1.807) is 12.4 Å². The number of carbonyl (C=O) groups excluding carboxylic acids is 1. The summed E-state index contributed by atoms with van der Waals surface area (Å²) in [5, 5.41) is 4.79. The number of terminal acetylenes is 1. The molecule has 0 fully saturated rings. The van der Waals surface area contributed by atoms with Gasteiger partial charge in [0, 0.05) is 23.3 Å². The fraction of sp³-hybridized carbons (Fsp3) is 0.143. The second-order valence-electron chi connectivity index (χ2n) is 3.63. The van der Waals surface area contributed by atoms with Gasteiger partial charge in [-0.15, -0.1) is 6.42 Å². The van der Waals surface area contributed by atoms with Gasteiger partial charge in [0.2, 0.25) is 0 Å². The Balaban J connectivity index is 2.29. The average Bonchev–Trinajstić information content (AvgIpc) is 2.38. The lowest BCUT2D eigenvalue weighted by Gasteiger charge is -2.05. The van der Waals surface area contributed by atoms with Gasteiger partial charge in [0.15, 0.2) is 5.78 Å². The number of Topliss-reactive ketones (excluding diaryl/α,β-unsaturated/α-hetero) is 1. The van der Waals surface area contributed by atoms with E-state index in [1.165, 1.54) is 0 Å². The van der Waals surface area contributed by atoms with Crippen LogP contribution in [0.4, 0.5) is 0 Å². The summed E-state index contributed by atoms with van der Waals surface area (Å²) in [7, 11) is 0. The molecule has 0 aliphatic heterocycles. The number of nitrogens with zero attached hydrogens (tertiary/aromatic N) is 1. The van der Waals surface area contributed by atoms with Gasteiger partial charge in [0.1, 0.15) is 0 Å². The Morgan fingerprint density at radius 3 is 3.12 bits per heavy atom. The summed E-state index contributed by atoms with van der Waals surface area (Å²) >= 11 is 0. The number of pyridine rings is 1. The molecule has 2 aromatic rings. The molecule has 0 spiro atoms. The van der Waals surface area contributed by atoms with Crippen LogP contribution in [0.15, 0.2) is 36.7 Å². The molecule has 0 radical (unpaired) electrons. The van der Waals surface area contributed by atoms with Crippen molar-refractivity contribution in [3.05, 3.63) is 42.2 Å². The van der Waals surface area contributed by atoms with Crippen molar-refractivity contribution in [3.8, 4) is 12.3 Å². The highest BCUT2D eigenvalue weighted by atomic mass is 16.1. The topological polar surface area (TPSA) is 42.0 Å². The molecule has 1 N–H and O–H groups in total. The molecule has 84 valence electrons. The predicted octanol–water partition coefficient (Wildman–Crippen LogP) is 1.64. The van der Waals surface area contributed by atoms with Crippen molar-refractivity contribution in [3.63, 3.8) is 0 Å². The maximum Gasteiger partial charge on any atom is 0.177 e. The van der Waals surface area contributed by atoms with Crippen LogP contribution in [-0.4, -0.2) is 23.9 Å². The Kier molecular flexibility index (Phi) is 3.49. The minimum absolute atomic E-state index is 0.0267. The highest BCUT2D eigenvalue weighted by molar-refractivity contribution is 6.08. The molecule has 2 rings (SSSR count). The third-order valence-electron chi connectivity index (χ3n) is 2.50. The van der Waals surface area contributed by atoms with Crippen molar-refractivity contribution in [2.24, 2.45) is 0 Å². The Morgan fingerprint density at radius 2 is 2.29 bits per heavy atom. The predicted molar refractivity (Wildman–Crippen MR) is 67.8 cm³/mol. The first-order valence-electron chi connectivity index (χ1n) is 5.33. The number of ketones is 1. The second kappa shape index (κ2) is 5.24. The van der Waals surface area contributed by atoms with E-state index < -0.39 is 0 Å². The fourth-order valence-electron chi connectivity index (χ4n) is 1.70. The van der Waals surface area contributed by atoms with Gasteiger partial charge in [-0.05, 0) is 11.5 Å². The molecule has 3 nitrogen and oxygen atoms in total. The van der Waals surface area contributed by atoms with Crippen LogP contribution >= 0.6 is 0 Å². The molecule has 0 aliphatic rings. The quantitative estimate of drug-likeness (QED) is 0.487. The molecule has 3 heteroatoms. The van der Waals surface area contributed by atoms with E-state index in [4.69, 9.17) is 6.42 Å². The van der Waals surface area contributed by atoms with Gasteiger partial charge in [-0.1, -0.05) is 24.1 Å². The first kappa shape index (κ1) is 11.3. The minimum atomic E-state index is 0.0267. The fourth-order valence-corrected chi connectivity index (χ4v) is 1.70. The third kappa shape index (κ3) is 2.49. The van der Waals surface area contributed by atoms with Crippen molar-refractivity contribution in [2.45, 2.75) is 0 Å². The first-order valence-corrected chi connectivity index (χ1v) is 5.33. The van der Waals surface area contributed by atoms with Gasteiger partial charge >= 0.3 is 0 Å². The second-order valence-corrected chi connectivity index (χ2v) is 3.63. The van der Waals surface area contributed by atoms with E-state index in [2.05, 4.69) is 16.2 Å². The summed E-state index contributed by atoms with van der Waals surface area (Å²) in [6.45, 7) is 0.646. The molecule has 0 unspecified atom stereocenters. The van der Waals surface area contributed by atoms with Crippen LogP contribution in [0.25, 0.3) is 10.8 Å². The zero-order valence-electron chi connectivity index (χ0n) is 9.31. The van der Waals surface area contributed by atoms with Crippen molar-refractivity contribution < 1.29 is 4.79 Å². The molecule has 0 aliphatic carbocycles. The van der Waals surface area contributed by atoms with Gasteiger partial charge in [0.05, 0.1) is 13.1 Å². The molecule has 0 atom stereocenters. The lowest BCUT2D eigenvalue weighted by atomic mass is 10.0. The third-order valence-corrected chi connectivity index (χ3v) is 2.50. The number of hydrogen-bond acceptors (Lipinski definition) is 3. The number of benzene rings is 1. The largest absolute Gasteiger partial charge is 0.299 e. The minimum Gasteiger partial charge on any atom is -0.299 e. The van der Waals surface area contributed by atoms with E-state index >= 15 is 0 Å². The van der Waals surface area contributed by atoms with Crippen molar-refractivity contribution in [2.75, 3.05) is 13.1 Å². The van der Waals surface area contributed by atoms with Crippen LogP contribution in [0.5, 0.6) is 0 Å². The lowest BCUT2D eigenvalue weighted by Crippen LogP contribution is -2.23. The van der Waals surface area contributed by atoms with Crippen LogP contribution in [0.2, 0.25) is 0 Å². The van der Waals surface area contributed by atoms with E-state index in [1.807, 2.05) is 24.3 Å². The summed E-state index contributed by atoms with van der Waals surface area (Å²) in [6.07, 6.45) is 8.54. The Hall–Kier alpha value is -2.18. The number of fused-ring (bicyclic) bond motifs is 1. The van der Waals surface area contributed by atoms with Gasteiger partial charge in [-0.25, -0.2) is 0 Å². The molecule has 1 aromatic heterocycles. The van der Waals surface area contributed by atoms with Gasteiger partial charge in [-0.2, -0.15) is 0 Å². The van der Waals surface area contributed by atoms with Gasteiger partial charge in [0.25, 0.3) is 0 Å². The SMILES string of the molecule is C#CCNCC(=O)c1cccc2ccncc12. The summed E-state index contributed by atoms with van der Waals surface area (Å²) in [5.74, 6) is 2.46. The summed E-state index contributed by atoms with van der Waals surface area (Å²) in [4.78, 5) is 16.0. The van der Waals surface area contributed by atoms with Gasteiger partial charge in [-0.3, -0.25) is 15.1 Å². The molecule has 17 heavy (non-hydrogen) atoms. The molecule has 0 saturated heterocycles. The number of aromatic nitrogens is 1. The Bertz CT molecular complexity index is 579. The number of rotatable bonds is 4. The van der Waals surface area contributed by atoms with Crippen LogP contribution in [0, 0.1) is 12.3 Å². The van der Waals surface area contributed by atoms with Crippen molar-refractivity contribution in [1.29, 1.82) is 0 Å². The van der Waals surface area contributed by atoms with E-state index in [0.717, 1.165) is 10.8 Å². The van der Waals surface area contributed by atoms with Crippen molar-refractivity contribution >= 4 is 16.6 Å². The van der Waals surface area contributed by atoms with E-state index in [0.29, 0.717) is 12.1 Å². The highest BCUT2D eigenvalue weighted by Gasteiger charge is 2.08. The number of nitrogens with one attached hydrogen (secondary N) is 1. The van der Waals surface area contributed by atoms with Crippen LogP contribution in [0.3, 0.4) is 0 Å². The smallest absolute Gasteiger partial charge is 0.177 e. The normalized spacial score (nSPS) is 10.1. The molecule has 0 amide bonds. The zero-order chi connectivity index (χ0) is 12.1. The van der Waals surface area contributed by atoms with Crippen LogP contribution < -0.4 is 5.32 Å². The van der Waals surface area contributed by atoms with Crippen LogP contribution in [0.1, 0.15) is 10.4 Å².